The molecule has 0 aliphatic rings. The van der Waals surface area contributed by atoms with Crippen molar-refractivity contribution in [3.05, 3.63) is 28.4 Å². The summed E-state index contributed by atoms with van der Waals surface area (Å²) in [7, 11) is 1.41. The third-order valence-corrected chi connectivity index (χ3v) is 2.95. The van der Waals surface area contributed by atoms with Gasteiger partial charge in [-0.3, -0.25) is 0 Å². The quantitative estimate of drug-likeness (QED) is 0.904. The molecular weight excluding hydrogens is 306 g/mol. The van der Waals surface area contributed by atoms with Gasteiger partial charge in [0.05, 0.1) is 12.7 Å². The standard InChI is InChI=1S/C11H8BrNO5/c1-17-7-3-2-5(12)9(10(7)14)6-4-8(11(15)16)18-13-6/h2-4,14H,1H3,(H,15,16). The average molecular weight is 314 g/mol. The third-order valence-electron chi connectivity index (χ3n) is 2.29. The van der Waals surface area contributed by atoms with E-state index < -0.39 is 5.97 Å². The molecule has 2 N–H and O–H groups in total. The van der Waals surface area contributed by atoms with Gasteiger partial charge in [0.15, 0.2) is 11.5 Å². The Morgan fingerprint density at radius 2 is 2.22 bits per heavy atom. The Hall–Kier alpha value is -2.02. The van der Waals surface area contributed by atoms with E-state index in [1.165, 1.54) is 13.2 Å². The minimum absolute atomic E-state index is 0.142. The number of phenols is 1. The number of halogens is 1. The summed E-state index contributed by atoms with van der Waals surface area (Å²) in [4.78, 5) is 10.7. The highest BCUT2D eigenvalue weighted by Crippen LogP contribution is 2.41. The molecule has 0 radical (unpaired) electrons. The number of hydrogen-bond donors (Lipinski definition) is 2. The maximum atomic E-state index is 10.7. The minimum Gasteiger partial charge on any atom is -0.504 e. The summed E-state index contributed by atoms with van der Waals surface area (Å²) in [5, 5.41) is 22.3. The number of benzene rings is 1. The van der Waals surface area contributed by atoms with Gasteiger partial charge in [-0.15, -0.1) is 0 Å². The normalized spacial score (nSPS) is 10.3. The lowest BCUT2D eigenvalue weighted by molar-refractivity contribution is 0.0652. The molecule has 0 unspecified atom stereocenters. The van der Waals surface area contributed by atoms with Crippen LogP contribution < -0.4 is 4.74 Å². The molecule has 1 aromatic carbocycles. The second-order valence-corrected chi connectivity index (χ2v) is 4.21. The predicted molar refractivity (Wildman–Crippen MR) is 64.8 cm³/mol. The lowest BCUT2D eigenvalue weighted by Crippen LogP contribution is -1.91. The average Bonchev–Trinajstić information content (AvgIpc) is 2.79. The van der Waals surface area contributed by atoms with Crippen LogP contribution in [-0.2, 0) is 0 Å². The number of aromatic carboxylic acids is 1. The third kappa shape index (κ3) is 2.04. The Morgan fingerprint density at radius 1 is 1.50 bits per heavy atom. The van der Waals surface area contributed by atoms with Crippen LogP contribution in [-0.4, -0.2) is 28.4 Å². The van der Waals surface area contributed by atoms with Crippen molar-refractivity contribution in [2.45, 2.75) is 0 Å². The van der Waals surface area contributed by atoms with E-state index in [0.717, 1.165) is 0 Å². The first-order valence-corrected chi connectivity index (χ1v) is 5.59. The summed E-state index contributed by atoms with van der Waals surface area (Å²) < 4.78 is 10.2. The number of ether oxygens (including phenoxy) is 1. The highest BCUT2D eigenvalue weighted by Gasteiger charge is 2.19. The first kappa shape index (κ1) is 12.4. The van der Waals surface area contributed by atoms with Gasteiger partial charge in [0.2, 0.25) is 5.76 Å². The Morgan fingerprint density at radius 3 is 2.78 bits per heavy atom. The van der Waals surface area contributed by atoms with Gasteiger partial charge in [-0.2, -0.15) is 0 Å². The summed E-state index contributed by atoms with van der Waals surface area (Å²) in [6, 6.07) is 4.45. The van der Waals surface area contributed by atoms with Crippen molar-refractivity contribution in [3.8, 4) is 22.8 Å². The number of nitrogens with zero attached hydrogens (tertiary/aromatic N) is 1. The van der Waals surface area contributed by atoms with E-state index in [1.54, 1.807) is 12.1 Å². The fourth-order valence-corrected chi connectivity index (χ4v) is 1.97. The number of methoxy groups -OCH3 is 1. The van der Waals surface area contributed by atoms with Gasteiger partial charge in [0.25, 0.3) is 0 Å². The van der Waals surface area contributed by atoms with Gasteiger partial charge in [0.1, 0.15) is 5.69 Å². The lowest BCUT2D eigenvalue weighted by Gasteiger charge is -2.08. The van der Waals surface area contributed by atoms with Gasteiger partial charge in [-0.25, -0.2) is 4.79 Å². The van der Waals surface area contributed by atoms with Crippen LogP contribution in [0.5, 0.6) is 11.5 Å². The number of carboxylic acids is 1. The van der Waals surface area contributed by atoms with E-state index in [0.29, 0.717) is 10.0 Å². The zero-order valence-corrected chi connectivity index (χ0v) is 10.8. The van der Waals surface area contributed by atoms with Crippen molar-refractivity contribution >= 4 is 21.9 Å². The van der Waals surface area contributed by atoms with E-state index >= 15 is 0 Å². The molecular formula is C11H8BrNO5. The first-order chi connectivity index (χ1) is 8.54. The molecule has 6 nitrogen and oxygen atoms in total. The van der Waals surface area contributed by atoms with Crippen molar-refractivity contribution in [1.82, 2.24) is 5.16 Å². The molecule has 0 saturated carbocycles. The molecule has 1 heterocycles. The second-order valence-electron chi connectivity index (χ2n) is 3.35. The number of carbonyl (C=O) groups is 1. The Bertz CT molecular complexity index is 607. The molecule has 7 heteroatoms. The highest BCUT2D eigenvalue weighted by atomic mass is 79.9. The van der Waals surface area contributed by atoms with Crippen LogP contribution in [0.3, 0.4) is 0 Å². The monoisotopic (exact) mass is 313 g/mol. The summed E-state index contributed by atoms with van der Waals surface area (Å²) in [5.74, 6) is -1.42. The summed E-state index contributed by atoms with van der Waals surface area (Å²) in [6.45, 7) is 0. The lowest BCUT2D eigenvalue weighted by atomic mass is 10.1. The number of hydrogen-bond acceptors (Lipinski definition) is 5. The number of phenolic OH excluding ortho intramolecular Hbond substituents is 1. The highest BCUT2D eigenvalue weighted by molar-refractivity contribution is 9.10. The van der Waals surface area contributed by atoms with Crippen molar-refractivity contribution in [3.63, 3.8) is 0 Å². The fraction of sp³-hybridized carbons (Fsp3) is 0.0909. The van der Waals surface area contributed by atoms with E-state index in [1.807, 2.05) is 0 Å². The SMILES string of the molecule is COc1ccc(Br)c(-c2cc(C(=O)O)on2)c1O. The molecule has 18 heavy (non-hydrogen) atoms. The van der Waals surface area contributed by atoms with Crippen LogP contribution >= 0.6 is 15.9 Å². The van der Waals surface area contributed by atoms with Crippen LogP contribution in [0, 0.1) is 0 Å². The van der Waals surface area contributed by atoms with E-state index in [-0.39, 0.29) is 23.0 Å². The van der Waals surface area contributed by atoms with Gasteiger partial charge in [-0.05, 0) is 28.1 Å². The van der Waals surface area contributed by atoms with Crippen molar-refractivity contribution in [2.75, 3.05) is 7.11 Å². The van der Waals surface area contributed by atoms with Crippen molar-refractivity contribution in [1.29, 1.82) is 0 Å². The number of aromatic nitrogens is 1. The van der Waals surface area contributed by atoms with E-state index in [4.69, 9.17) is 9.84 Å². The predicted octanol–water partition coefficient (Wildman–Crippen LogP) is 2.52. The summed E-state index contributed by atoms with van der Waals surface area (Å²) in [5.41, 5.74) is 0.515. The van der Waals surface area contributed by atoms with Crippen LogP contribution in [0.1, 0.15) is 10.6 Å². The zero-order valence-electron chi connectivity index (χ0n) is 9.18. The smallest absolute Gasteiger partial charge is 0.374 e. The van der Waals surface area contributed by atoms with Gasteiger partial charge in [0, 0.05) is 10.5 Å². The van der Waals surface area contributed by atoms with Crippen LogP contribution in [0.4, 0.5) is 0 Å². The molecule has 0 atom stereocenters. The first-order valence-electron chi connectivity index (χ1n) is 4.80. The van der Waals surface area contributed by atoms with E-state index in [2.05, 4.69) is 25.6 Å². The molecule has 2 aromatic rings. The van der Waals surface area contributed by atoms with E-state index in [9.17, 15) is 9.90 Å². The topological polar surface area (TPSA) is 92.8 Å². The van der Waals surface area contributed by atoms with Gasteiger partial charge >= 0.3 is 5.97 Å². The van der Waals surface area contributed by atoms with Gasteiger partial charge in [-0.1, -0.05) is 5.16 Å². The largest absolute Gasteiger partial charge is 0.504 e. The Labute approximate surface area is 110 Å². The molecule has 1 aromatic heterocycles. The molecule has 0 spiro atoms. The van der Waals surface area contributed by atoms with Crippen LogP contribution in [0.25, 0.3) is 11.3 Å². The molecule has 0 saturated heterocycles. The number of carboxylic acid groups (broad SMARTS) is 1. The van der Waals surface area contributed by atoms with Crippen LogP contribution in [0.2, 0.25) is 0 Å². The molecule has 94 valence electrons. The number of aromatic hydroxyl groups is 1. The van der Waals surface area contributed by atoms with Gasteiger partial charge < -0.3 is 19.5 Å². The Kier molecular flexibility index (Phi) is 3.24. The van der Waals surface area contributed by atoms with Crippen molar-refractivity contribution in [2.24, 2.45) is 0 Å². The summed E-state index contributed by atoms with van der Waals surface area (Å²) >= 11 is 3.25. The number of rotatable bonds is 3. The Balaban J connectivity index is 2.58. The molecule has 2 rings (SSSR count). The maximum absolute atomic E-state index is 10.7. The minimum atomic E-state index is -1.23. The molecule has 0 fully saturated rings. The molecule has 0 amide bonds. The zero-order chi connectivity index (χ0) is 13.3. The van der Waals surface area contributed by atoms with Crippen LogP contribution in [0.15, 0.2) is 27.2 Å². The maximum Gasteiger partial charge on any atom is 0.374 e. The second kappa shape index (κ2) is 4.69. The van der Waals surface area contributed by atoms with Crippen molar-refractivity contribution < 1.29 is 24.3 Å². The molecule has 0 bridgehead atoms. The fourth-order valence-electron chi connectivity index (χ4n) is 1.45. The molecule has 0 aliphatic carbocycles. The summed E-state index contributed by atoms with van der Waals surface area (Å²) in [6.07, 6.45) is 0. The molecule has 0 aliphatic heterocycles.